The first-order valence-electron chi connectivity index (χ1n) is 12.3. The Morgan fingerprint density at radius 1 is 1.18 bits per heavy atom. The first kappa shape index (κ1) is 21.6. The van der Waals surface area contributed by atoms with Crippen molar-refractivity contribution in [3.8, 4) is 5.75 Å². The second-order valence-electron chi connectivity index (χ2n) is 9.72. The number of nitrogens with one attached hydrogen (secondary N) is 1. The van der Waals surface area contributed by atoms with Crippen LogP contribution in [0.1, 0.15) is 43.8 Å². The van der Waals surface area contributed by atoms with Gasteiger partial charge in [0.2, 0.25) is 5.95 Å². The smallest absolute Gasteiger partial charge is 0.242 e. The van der Waals surface area contributed by atoms with Crippen LogP contribution in [0, 0.1) is 24.7 Å². The lowest BCUT2D eigenvalue weighted by Crippen LogP contribution is -2.54. The molecular weight excluding hydrogens is 450 g/mol. The number of hydrogen-bond acceptors (Lipinski definition) is 7. The van der Waals surface area contributed by atoms with Crippen molar-refractivity contribution in [2.24, 2.45) is 17.8 Å². The molecule has 1 saturated carbocycles. The zero-order valence-corrected chi connectivity index (χ0v) is 20.3. The van der Waals surface area contributed by atoms with Crippen LogP contribution >= 0.6 is 11.6 Å². The number of ether oxygens (including phenoxy) is 1. The van der Waals surface area contributed by atoms with Crippen molar-refractivity contribution in [3.05, 3.63) is 53.2 Å². The molecule has 3 aliphatic rings. The van der Waals surface area contributed by atoms with Gasteiger partial charge in [-0.1, -0.05) is 31.0 Å². The van der Waals surface area contributed by atoms with Crippen LogP contribution in [0.5, 0.6) is 5.75 Å². The molecule has 1 N–H and O–H groups in total. The van der Waals surface area contributed by atoms with Crippen LogP contribution in [0.2, 0.25) is 5.02 Å². The van der Waals surface area contributed by atoms with E-state index in [0.29, 0.717) is 28.8 Å². The van der Waals surface area contributed by atoms with Crippen molar-refractivity contribution in [1.82, 2.24) is 24.7 Å². The molecule has 1 aliphatic carbocycles. The van der Waals surface area contributed by atoms with Crippen LogP contribution in [-0.2, 0) is 6.54 Å². The quantitative estimate of drug-likeness (QED) is 0.556. The zero-order chi connectivity index (χ0) is 23.2. The van der Waals surface area contributed by atoms with Gasteiger partial charge in [0, 0.05) is 48.4 Å². The Bertz CT molecular complexity index is 1180. The molecule has 0 radical (unpaired) electrons. The summed E-state index contributed by atoms with van der Waals surface area (Å²) in [5.41, 5.74) is 1.01. The Morgan fingerprint density at radius 2 is 2.06 bits per heavy atom. The molecule has 5 atom stereocenters. The molecule has 1 unspecified atom stereocenters. The molecule has 1 saturated heterocycles. The molecule has 6 rings (SSSR count). The molecule has 9 heteroatoms. The summed E-state index contributed by atoms with van der Waals surface area (Å²) >= 11 is 6.14. The van der Waals surface area contributed by atoms with Gasteiger partial charge in [-0.15, -0.1) is 5.10 Å². The number of fused-ring (bicyclic) bond motifs is 2. The van der Waals surface area contributed by atoms with E-state index < -0.39 is 0 Å². The maximum absolute atomic E-state index is 6.25. The van der Waals surface area contributed by atoms with E-state index in [-0.39, 0.29) is 6.10 Å². The van der Waals surface area contributed by atoms with Crippen molar-refractivity contribution >= 4 is 23.4 Å². The monoisotopic (exact) mass is 479 g/mol. The van der Waals surface area contributed by atoms with Gasteiger partial charge in [-0.3, -0.25) is 0 Å². The van der Waals surface area contributed by atoms with Crippen molar-refractivity contribution in [1.29, 1.82) is 0 Å². The van der Waals surface area contributed by atoms with E-state index in [0.717, 1.165) is 67.9 Å². The number of halogens is 1. The lowest BCUT2D eigenvalue weighted by molar-refractivity contribution is 0.0915. The maximum atomic E-state index is 6.25. The fourth-order valence-electron chi connectivity index (χ4n) is 6.04. The van der Waals surface area contributed by atoms with Crippen LogP contribution in [0.4, 0.5) is 11.8 Å². The Balaban J connectivity index is 1.17. The molecular formula is C25H30ClN7O. The summed E-state index contributed by atoms with van der Waals surface area (Å²) in [6.45, 7) is 7.23. The Hall–Kier alpha value is -2.87. The second kappa shape index (κ2) is 8.73. The molecule has 1 aromatic carbocycles. The highest BCUT2D eigenvalue weighted by Crippen LogP contribution is 2.49. The van der Waals surface area contributed by atoms with Crippen molar-refractivity contribution in [2.45, 2.75) is 51.8 Å². The van der Waals surface area contributed by atoms with Crippen LogP contribution < -0.4 is 15.0 Å². The Labute approximate surface area is 204 Å². The Morgan fingerprint density at radius 3 is 2.88 bits per heavy atom. The molecule has 178 valence electrons. The maximum Gasteiger partial charge on any atom is 0.242 e. The summed E-state index contributed by atoms with van der Waals surface area (Å²) in [6.07, 6.45) is 4.63. The van der Waals surface area contributed by atoms with Gasteiger partial charge < -0.3 is 15.0 Å². The molecule has 8 nitrogen and oxygen atoms in total. The normalized spacial score (nSPS) is 27.6. The SMILES string of the molecule is CC[C@@H]1C2CN(c3cc(C)ncn3)C[C@H]2[C@@H]1Nc1nc2n(n1)CCC[C@@H]2Oc1cccc(Cl)c1. The third kappa shape index (κ3) is 3.87. The molecule has 34 heavy (non-hydrogen) atoms. The van der Waals surface area contributed by atoms with Crippen LogP contribution in [0.15, 0.2) is 36.7 Å². The number of nitrogens with zero attached hydrogens (tertiary/aromatic N) is 6. The van der Waals surface area contributed by atoms with Crippen molar-refractivity contribution in [3.63, 3.8) is 0 Å². The van der Waals surface area contributed by atoms with Gasteiger partial charge in [0.05, 0.1) is 0 Å². The predicted octanol–water partition coefficient (Wildman–Crippen LogP) is 4.52. The topological polar surface area (TPSA) is 81.0 Å². The minimum absolute atomic E-state index is 0.116. The van der Waals surface area contributed by atoms with E-state index in [2.05, 4.69) is 33.2 Å². The first-order chi connectivity index (χ1) is 16.6. The van der Waals surface area contributed by atoms with E-state index in [1.54, 1.807) is 6.33 Å². The van der Waals surface area contributed by atoms with Gasteiger partial charge >= 0.3 is 0 Å². The molecule has 2 aromatic heterocycles. The fraction of sp³-hybridized carbons (Fsp3) is 0.520. The standard InChI is InChI=1S/C25H30ClN7O/c1-3-18-19-12-32(22-10-15(2)27-14-28-22)13-20(19)23(18)29-25-30-24-21(8-5-9-33(24)31-25)34-17-7-4-6-16(26)11-17/h4,6-7,10-11,14,18-21,23H,3,5,8-9,12-13H2,1-2H3,(H,29,31)/t18-,19?,20-,21+,23-/m1/s1. The Kier molecular flexibility index (Phi) is 5.56. The highest BCUT2D eigenvalue weighted by atomic mass is 35.5. The average molecular weight is 480 g/mol. The van der Waals surface area contributed by atoms with Crippen LogP contribution in [-0.4, -0.2) is 43.9 Å². The number of hydrogen-bond donors (Lipinski definition) is 1. The molecule has 2 aliphatic heterocycles. The van der Waals surface area contributed by atoms with E-state index in [9.17, 15) is 0 Å². The minimum atomic E-state index is -0.116. The van der Waals surface area contributed by atoms with Crippen LogP contribution in [0.25, 0.3) is 0 Å². The molecule has 0 bridgehead atoms. The lowest BCUT2D eigenvalue weighted by Gasteiger charge is -2.47. The number of aromatic nitrogens is 5. The molecule has 3 aromatic rings. The minimum Gasteiger partial charge on any atom is -0.482 e. The van der Waals surface area contributed by atoms with Gasteiger partial charge in [-0.25, -0.2) is 14.6 Å². The summed E-state index contributed by atoms with van der Waals surface area (Å²) in [5, 5.41) is 9.19. The van der Waals surface area contributed by atoms with Crippen molar-refractivity contribution < 1.29 is 4.74 Å². The lowest BCUT2D eigenvalue weighted by atomic mass is 9.61. The summed E-state index contributed by atoms with van der Waals surface area (Å²) in [6, 6.07) is 10.0. The molecule has 2 fully saturated rings. The summed E-state index contributed by atoms with van der Waals surface area (Å²) in [5.74, 6) is 5.26. The molecule has 4 heterocycles. The molecule has 0 amide bonds. The van der Waals surface area contributed by atoms with E-state index in [1.165, 1.54) is 0 Å². The van der Waals surface area contributed by atoms with Gasteiger partial charge in [0.15, 0.2) is 11.9 Å². The predicted molar refractivity (Wildman–Crippen MR) is 131 cm³/mol. The number of anilines is 2. The number of rotatable bonds is 6. The summed E-state index contributed by atoms with van der Waals surface area (Å²) < 4.78 is 8.25. The highest BCUT2D eigenvalue weighted by molar-refractivity contribution is 6.30. The second-order valence-corrected chi connectivity index (χ2v) is 10.2. The molecule has 0 spiro atoms. The van der Waals surface area contributed by atoms with E-state index in [1.807, 2.05) is 35.9 Å². The van der Waals surface area contributed by atoms with E-state index >= 15 is 0 Å². The van der Waals surface area contributed by atoms with Gasteiger partial charge in [-0.05, 0) is 49.8 Å². The zero-order valence-electron chi connectivity index (χ0n) is 19.6. The summed E-state index contributed by atoms with van der Waals surface area (Å²) in [4.78, 5) is 16.1. The average Bonchev–Trinajstić information content (AvgIpc) is 3.41. The van der Waals surface area contributed by atoms with Gasteiger partial charge in [0.1, 0.15) is 17.9 Å². The highest BCUT2D eigenvalue weighted by Gasteiger charge is 2.54. The number of benzene rings is 1. The fourth-order valence-corrected chi connectivity index (χ4v) is 6.22. The van der Waals surface area contributed by atoms with Gasteiger partial charge in [-0.2, -0.15) is 4.98 Å². The van der Waals surface area contributed by atoms with Gasteiger partial charge in [0.25, 0.3) is 0 Å². The van der Waals surface area contributed by atoms with Crippen LogP contribution in [0.3, 0.4) is 0 Å². The van der Waals surface area contributed by atoms with Crippen molar-refractivity contribution in [2.75, 3.05) is 23.3 Å². The third-order valence-corrected chi connectivity index (χ3v) is 7.90. The first-order valence-corrected chi connectivity index (χ1v) is 12.6. The third-order valence-electron chi connectivity index (χ3n) is 7.66. The summed E-state index contributed by atoms with van der Waals surface area (Å²) in [7, 11) is 0. The largest absolute Gasteiger partial charge is 0.482 e. The number of aryl methyl sites for hydroxylation is 2. The van der Waals surface area contributed by atoms with E-state index in [4.69, 9.17) is 26.4 Å².